The molecule has 0 bridgehead atoms. The van der Waals surface area contributed by atoms with Gasteiger partial charge in [0.25, 0.3) is 5.91 Å². The highest BCUT2D eigenvalue weighted by Crippen LogP contribution is 2.26. The maximum atomic E-state index is 12.0. The fourth-order valence-electron chi connectivity index (χ4n) is 2.04. The van der Waals surface area contributed by atoms with Crippen molar-refractivity contribution in [2.45, 2.75) is 32.4 Å². The van der Waals surface area contributed by atoms with Gasteiger partial charge in [-0.25, -0.2) is 0 Å². The number of hydrogen-bond donors (Lipinski definition) is 2. The Bertz CT molecular complexity index is 459. The lowest BCUT2D eigenvalue weighted by Gasteiger charge is -2.18. The molecule has 104 valence electrons. The highest BCUT2D eigenvalue weighted by molar-refractivity contribution is 6.32. The molecular formula is C14H19ClN2O2. The SMILES string of the molecule is Cc1ccc(Cl)c(O[C@H](C)C(=O)N[C@@H]2CCNC2)c1. The molecule has 1 fully saturated rings. The number of nitrogens with one attached hydrogen (secondary N) is 2. The normalized spacial score (nSPS) is 20.1. The third kappa shape index (κ3) is 3.85. The molecule has 1 saturated heterocycles. The first kappa shape index (κ1) is 14.2. The van der Waals surface area contributed by atoms with Crippen LogP contribution in [0.15, 0.2) is 18.2 Å². The highest BCUT2D eigenvalue weighted by atomic mass is 35.5. The van der Waals surface area contributed by atoms with Crippen molar-refractivity contribution in [3.63, 3.8) is 0 Å². The Hall–Kier alpha value is -1.26. The second kappa shape index (κ2) is 6.26. The Labute approximate surface area is 118 Å². The van der Waals surface area contributed by atoms with E-state index in [9.17, 15) is 4.79 Å². The van der Waals surface area contributed by atoms with Gasteiger partial charge in [0.15, 0.2) is 6.10 Å². The molecule has 1 aromatic carbocycles. The summed E-state index contributed by atoms with van der Waals surface area (Å²) in [5.74, 6) is 0.445. The number of benzene rings is 1. The van der Waals surface area contributed by atoms with Crippen LogP contribution in [-0.4, -0.2) is 31.1 Å². The average molecular weight is 283 g/mol. The maximum absolute atomic E-state index is 12.0. The second-order valence-electron chi connectivity index (χ2n) is 4.89. The number of halogens is 1. The van der Waals surface area contributed by atoms with Crippen LogP contribution in [0.3, 0.4) is 0 Å². The maximum Gasteiger partial charge on any atom is 0.261 e. The molecule has 2 atom stereocenters. The minimum absolute atomic E-state index is 0.105. The molecule has 1 aliphatic rings. The van der Waals surface area contributed by atoms with E-state index in [1.54, 1.807) is 13.0 Å². The van der Waals surface area contributed by atoms with Crippen molar-refractivity contribution in [2.75, 3.05) is 13.1 Å². The third-order valence-corrected chi connectivity index (χ3v) is 3.48. The molecule has 1 aromatic rings. The number of amides is 1. The van der Waals surface area contributed by atoms with E-state index < -0.39 is 6.10 Å². The molecule has 0 spiro atoms. The summed E-state index contributed by atoms with van der Waals surface area (Å²) in [6.07, 6.45) is 0.406. The van der Waals surface area contributed by atoms with Crippen LogP contribution in [0.2, 0.25) is 5.02 Å². The molecule has 0 unspecified atom stereocenters. The van der Waals surface area contributed by atoms with Gasteiger partial charge in [0.1, 0.15) is 5.75 Å². The quantitative estimate of drug-likeness (QED) is 0.887. The van der Waals surface area contributed by atoms with Gasteiger partial charge >= 0.3 is 0 Å². The number of carbonyl (C=O) groups is 1. The minimum atomic E-state index is -0.556. The van der Waals surface area contributed by atoms with E-state index in [1.165, 1.54) is 0 Å². The van der Waals surface area contributed by atoms with E-state index in [4.69, 9.17) is 16.3 Å². The van der Waals surface area contributed by atoms with E-state index in [0.29, 0.717) is 10.8 Å². The number of hydrogen-bond acceptors (Lipinski definition) is 3. The van der Waals surface area contributed by atoms with Crippen LogP contribution in [0, 0.1) is 6.92 Å². The van der Waals surface area contributed by atoms with Crippen molar-refractivity contribution in [1.29, 1.82) is 0 Å². The Morgan fingerprint density at radius 2 is 2.37 bits per heavy atom. The van der Waals surface area contributed by atoms with Crippen LogP contribution in [0.5, 0.6) is 5.75 Å². The van der Waals surface area contributed by atoms with E-state index in [2.05, 4.69) is 10.6 Å². The molecule has 0 aliphatic carbocycles. The Kier molecular flexibility index (Phi) is 4.66. The summed E-state index contributed by atoms with van der Waals surface area (Å²) in [5.41, 5.74) is 1.05. The molecule has 19 heavy (non-hydrogen) atoms. The van der Waals surface area contributed by atoms with Crippen LogP contribution >= 0.6 is 11.6 Å². The smallest absolute Gasteiger partial charge is 0.261 e. The van der Waals surface area contributed by atoms with Gasteiger partial charge in [-0.3, -0.25) is 4.79 Å². The van der Waals surface area contributed by atoms with Gasteiger partial charge in [0.05, 0.1) is 5.02 Å². The Morgan fingerprint density at radius 3 is 3.05 bits per heavy atom. The van der Waals surface area contributed by atoms with Gasteiger partial charge in [0, 0.05) is 12.6 Å². The zero-order valence-electron chi connectivity index (χ0n) is 11.2. The topological polar surface area (TPSA) is 50.4 Å². The largest absolute Gasteiger partial charge is 0.479 e. The molecule has 2 rings (SSSR count). The molecule has 0 saturated carbocycles. The van der Waals surface area contributed by atoms with Crippen molar-refractivity contribution in [3.8, 4) is 5.75 Å². The summed E-state index contributed by atoms with van der Waals surface area (Å²) in [5, 5.41) is 6.69. The van der Waals surface area contributed by atoms with E-state index in [-0.39, 0.29) is 11.9 Å². The van der Waals surface area contributed by atoms with Gasteiger partial charge in [-0.15, -0.1) is 0 Å². The standard InChI is InChI=1S/C14H19ClN2O2/c1-9-3-4-12(15)13(7-9)19-10(2)14(18)17-11-5-6-16-8-11/h3-4,7,10-11,16H,5-6,8H2,1-2H3,(H,17,18)/t10-,11-/m1/s1. The fraction of sp³-hybridized carbons (Fsp3) is 0.500. The van der Waals surface area contributed by atoms with Crippen molar-refractivity contribution in [3.05, 3.63) is 28.8 Å². The summed E-state index contributed by atoms with van der Waals surface area (Å²) < 4.78 is 5.63. The Balaban J connectivity index is 1.93. The first-order chi connectivity index (χ1) is 9.06. The summed E-state index contributed by atoms with van der Waals surface area (Å²) in [6.45, 7) is 5.46. The van der Waals surface area contributed by atoms with Crippen LogP contribution < -0.4 is 15.4 Å². The molecule has 4 nitrogen and oxygen atoms in total. The molecule has 0 radical (unpaired) electrons. The van der Waals surface area contributed by atoms with Crippen LogP contribution in [0.25, 0.3) is 0 Å². The summed E-state index contributed by atoms with van der Waals surface area (Å²) >= 11 is 6.05. The average Bonchev–Trinajstić information content (AvgIpc) is 2.86. The van der Waals surface area contributed by atoms with Crippen molar-refractivity contribution >= 4 is 17.5 Å². The third-order valence-electron chi connectivity index (χ3n) is 3.17. The number of carbonyl (C=O) groups excluding carboxylic acids is 1. The van der Waals surface area contributed by atoms with Gasteiger partial charge in [-0.05, 0) is 44.5 Å². The lowest BCUT2D eigenvalue weighted by atomic mass is 10.2. The molecule has 5 heteroatoms. The second-order valence-corrected chi connectivity index (χ2v) is 5.30. The fourth-order valence-corrected chi connectivity index (χ4v) is 2.20. The summed E-state index contributed by atoms with van der Waals surface area (Å²) in [7, 11) is 0. The highest BCUT2D eigenvalue weighted by Gasteiger charge is 2.21. The first-order valence-corrected chi connectivity index (χ1v) is 6.88. The minimum Gasteiger partial charge on any atom is -0.479 e. The molecular weight excluding hydrogens is 264 g/mol. The van der Waals surface area contributed by atoms with Crippen molar-refractivity contribution in [2.24, 2.45) is 0 Å². The Morgan fingerprint density at radius 1 is 1.58 bits per heavy atom. The lowest BCUT2D eigenvalue weighted by molar-refractivity contribution is -0.127. The van der Waals surface area contributed by atoms with Crippen LogP contribution in [0.1, 0.15) is 18.9 Å². The van der Waals surface area contributed by atoms with E-state index >= 15 is 0 Å². The predicted octanol–water partition coefficient (Wildman–Crippen LogP) is 1.89. The van der Waals surface area contributed by atoms with Gasteiger partial charge in [0.2, 0.25) is 0 Å². The van der Waals surface area contributed by atoms with Crippen LogP contribution in [0.4, 0.5) is 0 Å². The summed E-state index contributed by atoms with van der Waals surface area (Å²) in [6, 6.07) is 5.72. The molecule has 1 heterocycles. The molecule has 1 aliphatic heterocycles. The zero-order chi connectivity index (χ0) is 13.8. The van der Waals surface area contributed by atoms with E-state index in [1.807, 2.05) is 19.1 Å². The number of rotatable bonds is 4. The summed E-state index contributed by atoms with van der Waals surface area (Å²) in [4.78, 5) is 12.0. The first-order valence-electron chi connectivity index (χ1n) is 6.50. The zero-order valence-corrected chi connectivity index (χ0v) is 12.0. The van der Waals surface area contributed by atoms with Gasteiger partial charge < -0.3 is 15.4 Å². The van der Waals surface area contributed by atoms with E-state index in [0.717, 1.165) is 25.1 Å². The van der Waals surface area contributed by atoms with Crippen molar-refractivity contribution < 1.29 is 9.53 Å². The van der Waals surface area contributed by atoms with Gasteiger partial charge in [-0.1, -0.05) is 17.7 Å². The molecule has 0 aromatic heterocycles. The monoisotopic (exact) mass is 282 g/mol. The lowest BCUT2D eigenvalue weighted by Crippen LogP contribution is -2.43. The molecule has 2 N–H and O–H groups in total. The molecule has 1 amide bonds. The van der Waals surface area contributed by atoms with Crippen molar-refractivity contribution in [1.82, 2.24) is 10.6 Å². The number of ether oxygens (including phenoxy) is 1. The predicted molar refractivity (Wildman–Crippen MR) is 75.7 cm³/mol. The van der Waals surface area contributed by atoms with Gasteiger partial charge in [-0.2, -0.15) is 0 Å². The number of aryl methyl sites for hydroxylation is 1. The van der Waals surface area contributed by atoms with Crippen LogP contribution in [-0.2, 0) is 4.79 Å².